The van der Waals surface area contributed by atoms with Crippen LogP contribution in [0.1, 0.15) is 25.8 Å². The molecular weight excluding hydrogens is 370 g/mol. The number of hydrogen-bond donors (Lipinski definition) is 0. The summed E-state index contributed by atoms with van der Waals surface area (Å²) in [5.74, 6) is 0.557. The lowest BCUT2D eigenvalue weighted by Gasteiger charge is -2.32. The van der Waals surface area contributed by atoms with Gasteiger partial charge in [0.15, 0.2) is 11.5 Å². The number of carbonyl (C=O) groups is 1. The average molecular weight is 391 g/mol. The monoisotopic (exact) mass is 391 g/mol. The molecule has 1 aliphatic heterocycles. The van der Waals surface area contributed by atoms with E-state index in [0.717, 1.165) is 30.5 Å². The first-order valence-corrected chi connectivity index (χ1v) is 9.67. The quantitative estimate of drug-likeness (QED) is 0.518. The predicted octanol–water partition coefficient (Wildman–Crippen LogP) is 1.63. The van der Waals surface area contributed by atoms with E-state index in [9.17, 15) is 9.59 Å². The Morgan fingerprint density at radius 2 is 2.07 bits per heavy atom. The number of rotatable bonds is 2. The van der Waals surface area contributed by atoms with E-state index in [2.05, 4.69) is 10.1 Å². The number of fused-ring (bicyclic) bond motifs is 2. The zero-order valence-corrected chi connectivity index (χ0v) is 16.3. The lowest BCUT2D eigenvalue weighted by Crippen LogP contribution is -2.42. The van der Waals surface area contributed by atoms with Gasteiger partial charge in [0.05, 0.1) is 29.5 Å². The van der Waals surface area contributed by atoms with Crippen LogP contribution >= 0.6 is 0 Å². The zero-order chi connectivity index (χ0) is 20.1. The molecular formula is C20H21N7O2. The van der Waals surface area contributed by atoms with Crippen LogP contribution in [0.2, 0.25) is 0 Å². The van der Waals surface area contributed by atoms with Crippen LogP contribution in [0.5, 0.6) is 0 Å². The summed E-state index contributed by atoms with van der Waals surface area (Å²) in [4.78, 5) is 35.9. The number of likely N-dealkylation sites (tertiary alicyclic amines) is 1. The molecule has 5 heterocycles. The maximum Gasteiger partial charge on any atom is 0.330 e. The molecule has 1 unspecified atom stereocenters. The predicted molar refractivity (Wildman–Crippen MR) is 107 cm³/mol. The molecule has 9 nitrogen and oxygen atoms in total. The van der Waals surface area contributed by atoms with Crippen molar-refractivity contribution in [2.45, 2.75) is 25.8 Å². The smallest absolute Gasteiger partial charge is 0.330 e. The Hall–Kier alpha value is -3.49. The third-order valence-electron chi connectivity index (χ3n) is 5.71. The highest BCUT2D eigenvalue weighted by molar-refractivity contribution is 5.79. The first kappa shape index (κ1) is 17.6. The molecule has 0 N–H and O–H groups in total. The summed E-state index contributed by atoms with van der Waals surface area (Å²) in [5.41, 5.74) is 2.84. The summed E-state index contributed by atoms with van der Waals surface area (Å²) in [6.07, 6.45) is 6.99. The largest absolute Gasteiger partial charge is 0.341 e. The van der Waals surface area contributed by atoms with Gasteiger partial charge in [-0.05, 0) is 25.0 Å². The Balaban J connectivity index is 1.67. The number of nitrogens with zero attached hydrogens (tertiary/aromatic N) is 7. The Kier molecular flexibility index (Phi) is 3.97. The summed E-state index contributed by atoms with van der Waals surface area (Å²) in [6, 6.07) is 5.71. The van der Waals surface area contributed by atoms with E-state index in [1.54, 1.807) is 44.9 Å². The van der Waals surface area contributed by atoms with Crippen molar-refractivity contribution in [3.8, 4) is 11.4 Å². The van der Waals surface area contributed by atoms with Crippen LogP contribution in [0, 0.1) is 0 Å². The van der Waals surface area contributed by atoms with Crippen LogP contribution in [0.3, 0.4) is 0 Å². The first-order chi connectivity index (χ1) is 14.0. The van der Waals surface area contributed by atoms with Crippen molar-refractivity contribution in [3.63, 3.8) is 0 Å². The summed E-state index contributed by atoms with van der Waals surface area (Å²) in [6.45, 7) is 2.82. The summed E-state index contributed by atoms with van der Waals surface area (Å²) < 4.78 is 5.07. The molecule has 148 valence electrons. The standard InChI is InChI=1S/C20H21N7O2/c1-13(28)25-8-5-6-14(12-25)27-19-17(24(2)20(27)29)11-21-18(23-19)15-10-22-26-9-4-3-7-16(15)26/h3-4,7,9-11,14H,5-6,8,12H2,1-2H3. The van der Waals surface area contributed by atoms with E-state index in [4.69, 9.17) is 4.98 Å². The minimum Gasteiger partial charge on any atom is -0.341 e. The number of aromatic nitrogens is 6. The van der Waals surface area contributed by atoms with Crippen LogP contribution in [0.25, 0.3) is 28.1 Å². The Bertz CT molecular complexity index is 1300. The summed E-state index contributed by atoms with van der Waals surface area (Å²) >= 11 is 0. The van der Waals surface area contributed by atoms with Crippen LogP contribution in [-0.4, -0.2) is 52.6 Å². The van der Waals surface area contributed by atoms with Gasteiger partial charge in [0.1, 0.15) is 5.52 Å². The highest BCUT2D eigenvalue weighted by Gasteiger charge is 2.27. The van der Waals surface area contributed by atoms with Crippen molar-refractivity contribution < 1.29 is 4.79 Å². The number of amides is 1. The van der Waals surface area contributed by atoms with Gasteiger partial charge in [-0.1, -0.05) is 6.07 Å². The maximum atomic E-state index is 13.0. The second kappa shape index (κ2) is 6.54. The molecule has 1 amide bonds. The molecule has 4 aromatic heterocycles. The molecule has 5 rings (SSSR count). The van der Waals surface area contributed by atoms with E-state index in [1.807, 2.05) is 24.4 Å². The minimum absolute atomic E-state index is 0.0321. The van der Waals surface area contributed by atoms with Gasteiger partial charge < -0.3 is 4.90 Å². The second-order valence-electron chi connectivity index (χ2n) is 7.46. The molecule has 4 aromatic rings. The topological polar surface area (TPSA) is 90.3 Å². The van der Waals surface area contributed by atoms with Crippen molar-refractivity contribution in [2.24, 2.45) is 7.05 Å². The van der Waals surface area contributed by atoms with Gasteiger partial charge in [-0.25, -0.2) is 19.3 Å². The van der Waals surface area contributed by atoms with Gasteiger partial charge in [-0.2, -0.15) is 5.10 Å². The average Bonchev–Trinajstić information content (AvgIpc) is 3.27. The van der Waals surface area contributed by atoms with Crippen LogP contribution in [0.4, 0.5) is 0 Å². The number of pyridine rings is 1. The van der Waals surface area contributed by atoms with Crippen molar-refractivity contribution in [2.75, 3.05) is 13.1 Å². The molecule has 1 atom stereocenters. The number of aryl methyl sites for hydroxylation is 1. The third-order valence-corrected chi connectivity index (χ3v) is 5.71. The van der Waals surface area contributed by atoms with E-state index >= 15 is 0 Å². The van der Waals surface area contributed by atoms with E-state index in [0.29, 0.717) is 23.5 Å². The molecule has 9 heteroatoms. The fourth-order valence-corrected chi connectivity index (χ4v) is 4.15. The Morgan fingerprint density at radius 1 is 1.21 bits per heavy atom. The van der Waals surface area contributed by atoms with Crippen molar-refractivity contribution in [1.82, 2.24) is 33.6 Å². The zero-order valence-electron chi connectivity index (χ0n) is 16.3. The van der Waals surface area contributed by atoms with Crippen molar-refractivity contribution in [1.29, 1.82) is 0 Å². The highest BCUT2D eigenvalue weighted by Crippen LogP contribution is 2.26. The molecule has 1 fully saturated rings. The number of hydrogen-bond acceptors (Lipinski definition) is 5. The lowest BCUT2D eigenvalue weighted by atomic mass is 10.1. The van der Waals surface area contributed by atoms with E-state index in [1.165, 1.54) is 0 Å². The first-order valence-electron chi connectivity index (χ1n) is 9.67. The van der Waals surface area contributed by atoms with E-state index in [-0.39, 0.29) is 17.6 Å². The van der Waals surface area contributed by atoms with Gasteiger partial charge in [-0.3, -0.25) is 13.9 Å². The molecule has 0 radical (unpaired) electrons. The van der Waals surface area contributed by atoms with Crippen LogP contribution in [-0.2, 0) is 11.8 Å². The normalized spacial score (nSPS) is 17.3. The van der Waals surface area contributed by atoms with Gasteiger partial charge in [0, 0.05) is 33.3 Å². The summed E-state index contributed by atoms with van der Waals surface area (Å²) in [5, 5.41) is 4.36. The van der Waals surface area contributed by atoms with Crippen LogP contribution < -0.4 is 5.69 Å². The SMILES string of the molecule is CC(=O)N1CCCC(n2c(=O)n(C)c3cnc(-c4cnn5ccccc45)nc32)C1. The fourth-order valence-electron chi connectivity index (χ4n) is 4.15. The van der Waals surface area contributed by atoms with Crippen molar-refractivity contribution in [3.05, 3.63) is 47.3 Å². The highest BCUT2D eigenvalue weighted by atomic mass is 16.2. The fraction of sp³-hybridized carbons (Fsp3) is 0.350. The molecule has 0 spiro atoms. The van der Waals surface area contributed by atoms with Gasteiger partial charge in [-0.15, -0.1) is 0 Å². The maximum absolute atomic E-state index is 13.0. The number of carbonyl (C=O) groups excluding carboxylic acids is 1. The third kappa shape index (κ3) is 2.72. The molecule has 0 bridgehead atoms. The molecule has 1 aliphatic rings. The second-order valence-corrected chi connectivity index (χ2v) is 7.46. The molecule has 29 heavy (non-hydrogen) atoms. The number of piperidine rings is 1. The van der Waals surface area contributed by atoms with Crippen molar-refractivity contribution >= 4 is 22.6 Å². The number of imidazole rings is 1. The molecule has 1 saturated heterocycles. The summed E-state index contributed by atoms with van der Waals surface area (Å²) in [7, 11) is 1.73. The van der Waals surface area contributed by atoms with E-state index < -0.39 is 0 Å². The molecule has 0 aliphatic carbocycles. The molecule has 0 saturated carbocycles. The van der Waals surface area contributed by atoms with Gasteiger partial charge in [0.25, 0.3) is 0 Å². The minimum atomic E-state index is -0.137. The Morgan fingerprint density at radius 3 is 2.90 bits per heavy atom. The van der Waals surface area contributed by atoms with Crippen LogP contribution in [0.15, 0.2) is 41.6 Å². The lowest BCUT2D eigenvalue weighted by molar-refractivity contribution is -0.130. The van der Waals surface area contributed by atoms with Gasteiger partial charge >= 0.3 is 5.69 Å². The Labute approximate surface area is 166 Å². The van der Waals surface area contributed by atoms with Gasteiger partial charge in [0.2, 0.25) is 5.91 Å². The molecule has 0 aromatic carbocycles.